The molecule has 1 heterocycles. The summed E-state index contributed by atoms with van der Waals surface area (Å²) < 4.78 is 2.56. The van der Waals surface area contributed by atoms with E-state index in [0.717, 1.165) is 10.2 Å². The van der Waals surface area contributed by atoms with Crippen LogP contribution < -0.4 is 11.5 Å². The number of nitrogens with zero attached hydrogens (tertiary/aromatic N) is 2. The van der Waals surface area contributed by atoms with Gasteiger partial charge in [0.25, 0.3) is 0 Å². The molecule has 13 heavy (non-hydrogen) atoms. The van der Waals surface area contributed by atoms with E-state index in [1.807, 2.05) is 0 Å². The molecule has 0 aliphatic heterocycles. The van der Waals surface area contributed by atoms with Gasteiger partial charge in [0.1, 0.15) is 0 Å². The van der Waals surface area contributed by atoms with Gasteiger partial charge in [-0.1, -0.05) is 11.6 Å². The van der Waals surface area contributed by atoms with Crippen LogP contribution in [-0.2, 0) is 7.05 Å². The Kier molecular flexibility index (Phi) is 1.60. The number of halogens is 1. The highest BCUT2D eigenvalue weighted by atomic mass is 35.5. The molecule has 0 amide bonds. The lowest BCUT2D eigenvalue weighted by molar-refractivity contribution is 0.827. The maximum atomic E-state index is 11.4. The molecule has 0 atom stereocenters. The average Bonchev–Trinajstić information content (AvgIpc) is 2.32. The molecule has 0 saturated carbocycles. The maximum absolute atomic E-state index is 11.4. The van der Waals surface area contributed by atoms with E-state index in [0.29, 0.717) is 10.5 Å². The summed E-state index contributed by atoms with van der Waals surface area (Å²) in [5.41, 5.74) is 1.16. The van der Waals surface area contributed by atoms with Gasteiger partial charge >= 0.3 is 5.69 Å². The van der Waals surface area contributed by atoms with Crippen molar-refractivity contribution in [3.63, 3.8) is 0 Å². The van der Waals surface area contributed by atoms with Crippen molar-refractivity contribution < 1.29 is 0 Å². The summed E-state index contributed by atoms with van der Waals surface area (Å²) in [7, 11) is 1.66. The maximum Gasteiger partial charge on any atom is 0.347 e. The van der Waals surface area contributed by atoms with Crippen molar-refractivity contribution in [2.24, 2.45) is 7.05 Å². The van der Waals surface area contributed by atoms with Crippen molar-refractivity contribution >= 4 is 22.6 Å². The van der Waals surface area contributed by atoms with Crippen LogP contribution >= 0.6 is 11.6 Å². The van der Waals surface area contributed by atoms with Crippen molar-refractivity contribution in [1.29, 1.82) is 0 Å². The summed E-state index contributed by atoms with van der Waals surface area (Å²) in [5.74, 6) is 5.53. The molecule has 0 saturated heterocycles. The largest absolute Gasteiger partial charge is 0.347 e. The minimum absolute atomic E-state index is 0.253. The molecular weight excluding hydrogens is 190 g/mol. The number of aromatic nitrogens is 2. The first-order valence-electron chi connectivity index (χ1n) is 3.73. The Morgan fingerprint density at radius 1 is 1.38 bits per heavy atom. The van der Waals surface area contributed by atoms with Gasteiger partial charge in [0.15, 0.2) is 0 Å². The summed E-state index contributed by atoms with van der Waals surface area (Å²) in [6.45, 7) is 0. The van der Waals surface area contributed by atoms with E-state index in [1.165, 1.54) is 4.57 Å². The number of imidazole rings is 1. The smallest absolute Gasteiger partial charge is 0.335 e. The molecule has 0 radical (unpaired) electrons. The zero-order chi connectivity index (χ0) is 9.59. The quantitative estimate of drug-likeness (QED) is 0.633. The van der Waals surface area contributed by atoms with Crippen LogP contribution in [0.15, 0.2) is 23.0 Å². The van der Waals surface area contributed by atoms with Crippen molar-refractivity contribution in [3.8, 4) is 0 Å². The number of rotatable bonds is 0. The zero-order valence-electron chi connectivity index (χ0n) is 6.99. The van der Waals surface area contributed by atoms with Crippen LogP contribution in [0.4, 0.5) is 0 Å². The molecule has 0 bridgehead atoms. The topological polar surface area (TPSA) is 53.0 Å². The minimum atomic E-state index is -0.253. The second-order valence-electron chi connectivity index (χ2n) is 2.84. The van der Waals surface area contributed by atoms with Gasteiger partial charge in [0.05, 0.1) is 11.0 Å². The fourth-order valence-electron chi connectivity index (χ4n) is 1.34. The molecule has 1 aromatic carbocycles. The van der Waals surface area contributed by atoms with E-state index < -0.39 is 0 Å². The van der Waals surface area contributed by atoms with Crippen molar-refractivity contribution in [2.75, 3.05) is 5.84 Å². The van der Waals surface area contributed by atoms with E-state index >= 15 is 0 Å². The molecule has 4 nitrogen and oxygen atoms in total. The van der Waals surface area contributed by atoms with Gasteiger partial charge in [-0.15, -0.1) is 0 Å². The molecule has 0 spiro atoms. The Morgan fingerprint density at radius 2 is 2.08 bits per heavy atom. The fraction of sp³-hybridized carbons (Fsp3) is 0.125. The van der Waals surface area contributed by atoms with E-state index in [1.54, 1.807) is 25.2 Å². The van der Waals surface area contributed by atoms with Crippen LogP contribution in [0.25, 0.3) is 11.0 Å². The molecule has 2 rings (SSSR count). The van der Waals surface area contributed by atoms with Gasteiger partial charge in [0, 0.05) is 12.1 Å². The highest BCUT2D eigenvalue weighted by molar-refractivity contribution is 6.31. The number of hydrogen-bond acceptors (Lipinski definition) is 2. The standard InChI is InChI=1S/C8H8ClN3O/c1-11-7-4-5(9)2-3-6(7)12(10)8(11)13/h2-4H,10H2,1H3. The molecule has 0 aliphatic carbocycles. The second-order valence-corrected chi connectivity index (χ2v) is 3.28. The zero-order valence-corrected chi connectivity index (χ0v) is 7.75. The Morgan fingerprint density at radius 3 is 2.77 bits per heavy atom. The molecule has 0 fully saturated rings. The third kappa shape index (κ3) is 1.02. The number of fused-ring (bicyclic) bond motifs is 1. The summed E-state index contributed by atoms with van der Waals surface area (Å²) in [4.78, 5) is 11.4. The number of nitrogen functional groups attached to an aromatic ring is 1. The highest BCUT2D eigenvalue weighted by Crippen LogP contribution is 2.16. The van der Waals surface area contributed by atoms with E-state index in [9.17, 15) is 4.79 Å². The van der Waals surface area contributed by atoms with Crippen LogP contribution in [0.2, 0.25) is 5.02 Å². The predicted octanol–water partition coefficient (Wildman–Crippen LogP) is 0.707. The normalized spacial score (nSPS) is 10.9. The number of nitrogens with two attached hydrogens (primary N) is 1. The summed E-state index contributed by atoms with van der Waals surface area (Å²) >= 11 is 5.79. The summed E-state index contributed by atoms with van der Waals surface area (Å²) in [5, 5.41) is 0.591. The Hall–Kier alpha value is -1.42. The lowest BCUT2D eigenvalue weighted by Gasteiger charge is -1.93. The average molecular weight is 198 g/mol. The van der Waals surface area contributed by atoms with Crippen LogP contribution in [-0.4, -0.2) is 9.24 Å². The van der Waals surface area contributed by atoms with Gasteiger partial charge in [-0.3, -0.25) is 4.57 Å². The molecule has 0 aliphatic rings. The molecular formula is C8H8ClN3O. The first kappa shape index (κ1) is 8.19. The van der Waals surface area contributed by atoms with Gasteiger partial charge in [-0.05, 0) is 18.2 Å². The number of benzene rings is 1. The lowest BCUT2D eigenvalue weighted by atomic mass is 10.3. The Bertz CT molecular complexity index is 526. The van der Waals surface area contributed by atoms with Gasteiger partial charge in [-0.25, -0.2) is 9.47 Å². The Labute approximate surface area is 79.1 Å². The first-order valence-corrected chi connectivity index (χ1v) is 4.11. The number of aryl methyl sites for hydroxylation is 1. The lowest BCUT2D eigenvalue weighted by Crippen LogP contribution is -2.27. The predicted molar refractivity (Wildman–Crippen MR) is 52.3 cm³/mol. The van der Waals surface area contributed by atoms with E-state index in [-0.39, 0.29) is 5.69 Å². The first-order chi connectivity index (χ1) is 6.11. The van der Waals surface area contributed by atoms with Crippen LogP contribution in [0, 0.1) is 0 Å². The molecule has 2 N–H and O–H groups in total. The van der Waals surface area contributed by atoms with Crippen LogP contribution in [0.3, 0.4) is 0 Å². The third-order valence-electron chi connectivity index (χ3n) is 2.05. The number of hydrogen-bond donors (Lipinski definition) is 1. The van der Waals surface area contributed by atoms with Gasteiger partial charge < -0.3 is 5.84 Å². The van der Waals surface area contributed by atoms with Crippen molar-refractivity contribution in [3.05, 3.63) is 33.7 Å². The van der Waals surface area contributed by atoms with E-state index in [4.69, 9.17) is 17.4 Å². The highest BCUT2D eigenvalue weighted by Gasteiger charge is 2.07. The Balaban J connectivity index is 3.04. The van der Waals surface area contributed by atoms with Gasteiger partial charge in [0.2, 0.25) is 0 Å². The minimum Gasteiger partial charge on any atom is -0.335 e. The second kappa shape index (κ2) is 2.53. The van der Waals surface area contributed by atoms with Crippen LogP contribution in [0.5, 0.6) is 0 Å². The van der Waals surface area contributed by atoms with Crippen molar-refractivity contribution in [2.45, 2.75) is 0 Å². The molecule has 68 valence electrons. The molecule has 5 heteroatoms. The van der Waals surface area contributed by atoms with Gasteiger partial charge in [-0.2, -0.15) is 0 Å². The monoisotopic (exact) mass is 197 g/mol. The van der Waals surface area contributed by atoms with E-state index in [2.05, 4.69) is 0 Å². The molecule has 2 aromatic rings. The van der Waals surface area contributed by atoms with Crippen LogP contribution in [0.1, 0.15) is 0 Å². The fourth-order valence-corrected chi connectivity index (χ4v) is 1.50. The molecule has 0 unspecified atom stereocenters. The third-order valence-corrected chi connectivity index (χ3v) is 2.29. The molecule has 1 aromatic heterocycles. The summed E-state index contributed by atoms with van der Waals surface area (Å²) in [6.07, 6.45) is 0. The summed E-state index contributed by atoms with van der Waals surface area (Å²) in [6, 6.07) is 5.13. The van der Waals surface area contributed by atoms with Crippen molar-refractivity contribution in [1.82, 2.24) is 9.24 Å². The SMILES string of the molecule is Cn1c(=O)n(N)c2ccc(Cl)cc21.